The van der Waals surface area contributed by atoms with Gasteiger partial charge in [0.2, 0.25) is 5.88 Å². The van der Waals surface area contributed by atoms with Crippen molar-refractivity contribution in [2.45, 2.75) is 46.8 Å². The van der Waals surface area contributed by atoms with Crippen molar-refractivity contribution in [3.05, 3.63) is 106 Å². The molecule has 3 aromatic heterocycles. The highest BCUT2D eigenvalue weighted by Gasteiger charge is 2.39. The first kappa shape index (κ1) is 33.9. The molecule has 1 unspecified atom stereocenters. The molecule has 0 N–H and O–H groups in total. The third-order valence-electron chi connectivity index (χ3n) is 7.90. The number of imidazole rings is 1. The van der Waals surface area contributed by atoms with Gasteiger partial charge in [0.25, 0.3) is 0 Å². The normalized spacial score (nSPS) is 15.3. The van der Waals surface area contributed by atoms with Gasteiger partial charge in [-0.15, -0.1) is 0 Å². The maximum Gasteiger partial charge on any atom is 0.337 e. The Morgan fingerprint density at radius 3 is 2.49 bits per heavy atom. The number of carbonyl (C=O) groups excluding carboxylic acids is 1. The molecule has 1 aliphatic heterocycles. The number of rotatable bonds is 8. The van der Waals surface area contributed by atoms with Crippen LogP contribution in [0.4, 0.5) is 13.2 Å². The van der Waals surface area contributed by atoms with Crippen LogP contribution in [0.5, 0.6) is 5.88 Å². The van der Waals surface area contributed by atoms with Gasteiger partial charge in [0, 0.05) is 41.3 Å². The molecule has 4 heterocycles. The second-order valence-corrected chi connectivity index (χ2v) is 11.8. The average molecular weight is 667 g/mol. The topological polar surface area (TPSA) is 88.4 Å². The number of fused-ring (bicyclic) bond motifs is 1. The molecular weight excluding hydrogens is 633 g/mol. The van der Waals surface area contributed by atoms with Gasteiger partial charge in [0.05, 0.1) is 48.7 Å². The summed E-state index contributed by atoms with van der Waals surface area (Å²) in [5, 5.41) is 0.0127. The summed E-state index contributed by atoms with van der Waals surface area (Å²) in [4.78, 5) is 25.2. The maximum absolute atomic E-state index is 15.7. The minimum Gasteiger partial charge on any atom is -0.473 e. The molecule has 2 aromatic carbocycles. The number of esters is 1. The first-order valence-electron chi connectivity index (χ1n) is 15.1. The van der Waals surface area contributed by atoms with Crippen molar-refractivity contribution in [1.29, 1.82) is 0 Å². The molecule has 0 bridgehead atoms. The SMILES string of the molecule is CC.COC(=O)c1ccc2nc(Cc3cc(F)c(-c4cccc(OCc5cnc(Cl)cc5F)n4)cc3F)n(C3COCC3(C)C)c2c1. The predicted octanol–water partition coefficient (Wildman–Crippen LogP) is 8.14. The number of carbonyl (C=O) groups is 1. The van der Waals surface area contributed by atoms with E-state index in [1.807, 2.05) is 18.4 Å². The first-order valence-corrected chi connectivity index (χ1v) is 15.5. The number of ether oxygens (including phenoxy) is 3. The van der Waals surface area contributed by atoms with Crippen LogP contribution in [-0.2, 0) is 22.5 Å². The Morgan fingerprint density at radius 2 is 1.79 bits per heavy atom. The maximum atomic E-state index is 15.7. The zero-order chi connectivity index (χ0) is 33.9. The van der Waals surface area contributed by atoms with Crippen LogP contribution in [0.3, 0.4) is 0 Å². The van der Waals surface area contributed by atoms with Gasteiger partial charge in [-0.3, -0.25) is 0 Å². The van der Waals surface area contributed by atoms with Crippen LogP contribution in [0.1, 0.15) is 61.0 Å². The quantitative estimate of drug-likeness (QED) is 0.122. The summed E-state index contributed by atoms with van der Waals surface area (Å²) in [7, 11) is 1.31. The van der Waals surface area contributed by atoms with Gasteiger partial charge in [-0.2, -0.15) is 0 Å². The van der Waals surface area contributed by atoms with Gasteiger partial charge in [-0.1, -0.05) is 45.4 Å². The molecule has 0 radical (unpaired) electrons. The standard InChI is InChI=1S/C33H28ClF3N4O4.C2H6/c1-33(2)17-44-16-28(33)41-27-10-18(32(42)43-3)7-8-26(27)39-30(41)11-19-9-24(37)21(12-22(19)35)25-5-4-6-31(40-25)45-15-20-14-38-29(34)13-23(20)36;1-2/h4-10,12-14,28H,11,15-17H2,1-3H3;1-2H3. The molecular formula is C35H34ClF3N4O4. The smallest absolute Gasteiger partial charge is 0.337 e. The van der Waals surface area contributed by atoms with Crippen LogP contribution >= 0.6 is 11.6 Å². The number of methoxy groups -OCH3 is 1. The lowest BCUT2D eigenvalue weighted by molar-refractivity contribution is 0.0601. The Bertz CT molecular complexity index is 1930. The Balaban J connectivity index is 0.00000213. The summed E-state index contributed by atoms with van der Waals surface area (Å²) in [5.74, 6) is -1.83. The summed E-state index contributed by atoms with van der Waals surface area (Å²) < 4.78 is 63.6. The number of halogens is 4. The van der Waals surface area contributed by atoms with E-state index in [9.17, 15) is 9.18 Å². The Morgan fingerprint density at radius 1 is 1.02 bits per heavy atom. The highest BCUT2D eigenvalue weighted by Crippen LogP contribution is 2.40. The molecule has 1 saturated heterocycles. The van der Waals surface area contributed by atoms with Crippen molar-refractivity contribution < 1.29 is 32.2 Å². The zero-order valence-corrected chi connectivity index (χ0v) is 27.4. The van der Waals surface area contributed by atoms with Crippen LogP contribution in [-0.4, -0.2) is 45.8 Å². The molecule has 0 aliphatic carbocycles. The molecule has 0 spiro atoms. The fraction of sp³-hybridized carbons (Fsp3) is 0.314. The summed E-state index contributed by atoms with van der Waals surface area (Å²) in [6.45, 7) is 8.84. The fourth-order valence-corrected chi connectivity index (χ4v) is 5.61. The molecule has 5 aromatic rings. The molecule has 12 heteroatoms. The summed E-state index contributed by atoms with van der Waals surface area (Å²) in [6, 6.07) is 12.8. The second kappa shape index (κ2) is 14.1. The van der Waals surface area contributed by atoms with Crippen molar-refractivity contribution in [1.82, 2.24) is 19.5 Å². The van der Waals surface area contributed by atoms with E-state index in [0.717, 1.165) is 18.2 Å². The highest BCUT2D eigenvalue weighted by molar-refractivity contribution is 6.29. The van der Waals surface area contributed by atoms with Crippen molar-refractivity contribution >= 4 is 28.6 Å². The lowest BCUT2D eigenvalue weighted by Gasteiger charge is -2.28. The molecule has 0 amide bonds. The average Bonchev–Trinajstić information content (AvgIpc) is 3.59. The van der Waals surface area contributed by atoms with Gasteiger partial charge in [0.15, 0.2) is 0 Å². The number of benzene rings is 2. The van der Waals surface area contributed by atoms with Crippen molar-refractivity contribution in [3.63, 3.8) is 0 Å². The van der Waals surface area contributed by atoms with Gasteiger partial charge >= 0.3 is 5.97 Å². The minimum absolute atomic E-state index is 0.0127. The van der Waals surface area contributed by atoms with Crippen LogP contribution in [0.25, 0.3) is 22.3 Å². The van der Waals surface area contributed by atoms with E-state index in [0.29, 0.717) is 35.6 Å². The van der Waals surface area contributed by atoms with E-state index in [1.54, 1.807) is 24.3 Å². The lowest BCUT2D eigenvalue weighted by atomic mass is 9.87. The Kier molecular flexibility index (Phi) is 10.2. The largest absolute Gasteiger partial charge is 0.473 e. The number of pyridine rings is 2. The van der Waals surface area contributed by atoms with E-state index in [1.165, 1.54) is 25.4 Å². The summed E-state index contributed by atoms with van der Waals surface area (Å²) in [5.41, 5.74) is 1.66. The predicted molar refractivity (Wildman–Crippen MR) is 172 cm³/mol. The molecule has 0 saturated carbocycles. The van der Waals surface area contributed by atoms with Crippen molar-refractivity contribution in [2.75, 3.05) is 20.3 Å². The highest BCUT2D eigenvalue weighted by atomic mass is 35.5. The fourth-order valence-electron chi connectivity index (χ4n) is 5.47. The van der Waals surface area contributed by atoms with Gasteiger partial charge in [0.1, 0.15) is 35.0 Å². The van der Waals surface area contributed by atoms with Crippen LogP contribution in [0.2, 0.25) is 5.15 Å². The van der Waals surface area contributed by atoms with Crippen LogP contribution in [0.15, 0.2) is 60.8 Å². The van der Waals surface area contributed by atoms with Crippen molar-refractivity contribution in [2.24, 2.45) is 5.41 Å². The van der Waals surface area contributed by atoms with Crippen LogP contribution < -0.4 is 4.74 Å². The molecule has 1 atom stereocenters. The third-order valence-corrected chi connectivity index (χ3v) is 8.11. The Hall–Kier alpha value is -4.48. The third kappa shape index (κ3) is 7.11. The summed E-state index contributed by atoms with van der Waals surface area (Å²) >= 11 is 5.70. The molecule has 1 fully saturated rings. The van der Waals surface area contributed by atoms with Gasteiger partial charge in [-0.05, 0) is 42.0 Å². The van der Waals surface area contributed by atoms with E-state index in [-0.39, 0.29) is 57.9 Å². The van der Waals surface area contributed by atoms with Gasteiger partial charge in [-0.25, -0.2) is 32.9 Å². The number of nitrogens with zero attached hydrogens (tertiary/aromatic N) is 4. The van der Waals surface area contributed by atoms with E-state index in [4.69, 9.17) is 30.8 Å². The van der Waals surface area contributed by atoms with E-state index < -0.39 is 23.4 Å². The van der Waals surface area contributed by atoms with Gasteiger partial charge < -0.3 is 18.8 Å². The van der Waals surface area contributed by atoms with E-state index >= 15 is 8.78 Å². The molecule has 6 rings (SSSR count). The second-order valence-electron chi connectivity index (χ2n) is 11.5. The van der Waals surface area contributed by atoms with Crippen LogP contribution in [0, 0.1) is 22.9 Å². The molecule has 1 aliphatic rings. The molecule has 47 heavy (non-hydrogen) atoms. The number of hydrogen-bond donors (Lipinski definition) is 0. The molecule has 8 nitrogen and oxygen atoms in total. The first-order chi connectivity index (χ1) is 22.5. The number of aromatic nitrogens is 4. The zero-order valence-electron chi connectivity index (χ0n) is 26.6. The number of hydrogen-bond acceptors (Lipinski definition) is 7. The minimum atomic E-state index is -0.691. The summed E-state index contributed by atoms with van der Waals surface area (Å²) in [6.07, 6.45) is 1.23. The van der Waals surface area contributed by atoms with Crippen molar-refractivity contribution in [3.8, 4) is 17.1 Å². The Labute approximate surface area is 275 Å². The molecule has 246 valence electrons. The van der Waals surface area contributed by atoms with E-state index in [2.05, 4.69) is 23.8 Å². The monoisotopic (exact) mass is 666 g/mol. The lowest BCUT2D eigenvalue weighted by Crippen LogP contribution is -2.27.